The third-order valence-electron chi connectivity index (χ3n) is 3.07. The molecule has 0 spiro atoms. The molecule has 1 aromatic carbocycles. The van der Waals surface area contributed by atoms with E-state index in [0.717, 1.165) is 16.9 Å². The zero-order valence-corrected chi connectivity index (χ0v) is 12.2. The maximum Gasteiger partial charge on any atom is 0.175 e. The molecular formula is C15H13N3O2S. The van der Waals surface area contributed by atoms with E-state index < -0.39 is 9.84 Å². The summed E-state index contributed by atoms with van der Waals surface area (Å²) in [4.78, 5) is 4.56. The van der Waals surface area contributed by atoms with Gasteiger partial charge < -0.3 is 0 Å². The van der Waals surface area contributed by atoms with Crippen molar-refractivity contribution in [2.24, 2.45) is 0 Å². The van der Waals surface area contributed by atoms with Gasteiger partial charge in [-0.05, 0) is 36.4 Å². The predicted molar refractivity (Wildman–Crippen MR) is 79.9 cm³/mol. The first kappa shape index (κ1) is 13.5. The maximum atomic E-state index is 11.4. The van der Waals surface area contributed by atoms with Gasteiger partial charge in [0.25, 0.3) is 0 Å². The summed E-state index contributed by atoms with van der Waals surface area (Å²) in [6.45, 7) is 0. The molecule has 3 aromatic rings. The number of aromatic nitrogens is 3. The number of hydrogen-bond donors (Lipinski definition) is 0. The van der Waals surface area contributed by atoms with Crippen LogP contribution in [0.3, 0.4) is 0 Å². The molecule has 0 atom stereocenters. The molecule has 21 heavy (non-hydrogen) atoms. The first-order chi connectivity index (χ1) is 10.0. The van der Waals surface area contributed by atoms with E-state index in [2.05, 4.69) is 10.1 Å². The van der Waals surface area contributed by atoms with Crippen LogP contribution in [0.1, 0.15) is 0 Å². The Morgan fingerprint density at radius 3 is 2.43 bits per heavy atom. The standard InChI is InChI=1S/C15H13N3O2S/c1-21(19,20)14-7-5-13(6-8-14)18-11-12(10-17-18)15-4-2-3-9-16-15/h2-11H,1H3. The zero-order chi connectivity index (χ0) is 14.9. The third kappa shape index (κ3) is 2.85. The molecule has 0 radical (unpaired) electrons. The summed E-state index contributed by atoms with van der Waals surface area (Å²) < 4.78 is 24.6. The second-order valence-corrected chi connectivity index (χ2v) is 6.67. The van der Waals surface area contributed by atoms with Crippen LogP contribution in [-0.4, -0.2) is 29.4 Å². The van der Waals surface area contributed by atoms with Crippen LogP contribution in [0, 0.1) is 0 Å². The summed E-state index contributed by atoms with van der Waals surface area (Å²) in [6.07, 6.45) is 6.51. The topological polar surface area (TPSA) is 64.8 Å². The molecule has 2 aromatic heterocycles. The lowest BCUT2D eigenvalue weighted by atomic mass is 10.2. The van der Waals surface area contributed by atoms with Gasteiger partial charge in [0.15, 0.2) is 9.84 Å². The molecule has 0 saturated carbocycles. The quantitative estimate of drug-likeness (QED) is 0.744. The summed E-state index contributed by atoms with van der Waals surface area (Å²) in [7, 11) is -3.18. The van der Waals surface area contributed by atoms with Crippen molar-refractivity contribution in [1.82, 2.24) is 14.8 Å². The summed E-state index contributed by atoms with van der Waals surface area (Å²) in [6, 6.07) is 12.3. The minimum Gasteiger partial charge on any atom is -0.256 e. The molecule has 0 unspecified atom stereocenters. The lowest BCUT2D eigenvalue weighted by molar-refractivity contribution is 0.602. The summed E-state index contributed by atoms with van der Waals surface area (Å²) in [5, 5.41) is 4.28. The third-order valence-corrected chi connectivity index (χ3v) is 4.20. The van der Waals surface area contributed by atoms with Crippen molar-refractivity contribution in [2.45, 2.75) is 4.90 Å². The fourth-order valence-electron chi connectivity index (χ4n) is 1.98. The molecule has 106 valence electrons. The van der Waals surface area contributed by atoms with Crippen molar-refractivity contribution < 1.29 is 8.42 Å². The molecule has 2 heterocycles. The molecule has 0 bridgehead atoms. The Hall–Kier alpha value is -2.47. The number of hydrogen-bond acceptors (Lipinski definition) is 4. The van der Waals surface area contributed by atoms with Gasteiger partial charge in [-0.1, -0.05) is 6.07 Å². The van der Waals surface area contributed by atoms with E-state index in [0.29, 0.717) is 4.90 Å². The minimum atomic E-state index is -3.18. The molecule has 0 fully saturated rings. The molecule has 5 nitrogen and oxygen atoms in total. The van der Waals surface area contributed by atoms with Gasteiger partial charge in [-0.15, -0.1) is 0 Å². The first-order valence-electron chi connectivity index (χ1n) is 6.30. The van der Waals surface area contributed by atoms with E-state index in [1.165, 1.54) is 6.26 Å². The number of benzene rings is 1. The second kappa shape index (κ2) is 5.14. The molecule has 0 aliphatic carbocycles. The number of nitrogens with zero attached hydrogens (tertiary/aromatic N) is 3. The van der Waals surface area contributed by atoms with Crippen molar-refractivity contribution in [3.05, 3.63) is 61.1 Å². The van der Waals surface area contributed by atoms with Gasteiger partial charge in [-0.25, -0.2) is 13.1 Å². The van der Waals surface area contributed by atoms with Gasteiger partial charge in [0.1, 0.15) is 0 Å². The van der Waals surface area contributed by atoms with Crippen LogP contribution in [0.25, 0.3) is 16.9 Å². The van der Waals surface area contributed by atoms with E-state index in [1.807, 2.05) is 24.4 Å². The summed E-state index contributed by atoms with van der Waals surface area (Å²) in [5.74, 6) is 0. The Morgan fingerprint density at radius 2 is 1.81 bits per heavy atom. The average Bonchev–Trinajstić information content (AvgIpc) is 2.97. The van der Waals surface area contributed by atoms with E-state index in [4.69, 9.17) is 0 Å². The molecule has 0 amide bonds. The Morgan fingerprint density at radius 1 is 1.05 bits per heavy atom. The van der Waals surface area contributed by atoms with E-state index in [9.17, 15) is 8.42 Å². The van der Waals surface area contributed by atoms with Crippen molar-refractivity contribution >= 4 is 9.84 Å². The molecule has 0 aliphatic heterocycles. The SMILES string of the molecule is CS(=O)(=O)c1ccc(-n2cc(-c3ccccn3)cn2)cc1. The number of pyridine rings is 1. The Labute approximate surface area is 122 Å². The first-order valence-corrected chi connectivity index (χ1v) is 8.20. The van der Waals surface area contributed by atoms with Gasteiger partial charge in [0, 0.05) is 24.2 Å². The molecular weight excluding hydrogens is 286 g/mol. The van der Waals surface area contributed by atoms with Gasteiger partial charge in [0.2, 0.25) is 0 Å². The van der Waals surface area contributed by atoms with Gasteiger partial charge in [-0.3, -0.25) is 4.98 Å². The van der Waals surface area contributed by atoms with Gasteiger partial charge >= 0.3 is 0 Å². The highest BCUT2D eigenvalue weighted by Crippen LogP contribution is 2.18. The van der Waals surface area contributed by atoms with Crippen LogP contribution >= 0.6 is 0 Å². The molecule has 0 N–H and O–H groups in total. The van der Waals surface area contributed by atoms with E-state index in [1.54, 1.807) is 41.3 Å². The van der Waals surface area contributed by atoms with Crippen molar-refractivity contribution in [1.29, 1.82) is 0 Å². The maximum absolute atomic E-state index is 11.4. The van der Waals surface area contributed by atoms with Gasteiger partial charge in [-0.2, -0.15) is 5.10 Å². The van der Waals surface area contributed by atoms with Crippen molar-refractivity contribution in [2.75, 3.05) is 6.26 Å². The second-order valence-electron chi connectivity index (χ2n) is 4.65. The van der Waals surface area contributed by atoms with E-state index in [-0.39, 0.29) is 0 Å². The molecule has 6 heteroatoms. The normalized spacial score (nSPS) is 11.5. The Kier molecular flexibility index (Phi) is 3.31. The largest absolute Gasteiger partial charge is 0.256 e. The molecule has 3 rings (SSSR count). The van der Waals surface area contributed by atoms with Crippen molar-refractivity contribution in [3.8, 4) is 16.9 Å². The monoisotopic (exact) mass is 299 g/mol. The highest BCUT2D eigenvalue weighted by molar-refractivity contribution is 7.90. The zero-order valence-electron chi connectivity index (χ0n) is 11.3. The van der Waals surface area contributed by atoms with Crippen LogP contribution in [0.15, 0.2) is 66.0 Å². The van der Waals surface area contributed by atoms with Crippen LogP contribution in [0.4, 0.5) is 0 Å². The highest BCUT2D eigenvalue weighted by Gasteiger charge is 2.08. The smallest absolute Gasteiger partial charge is 0.175 e. The fourth-order valence-corrected chi connectivity index (χ4v) is 2.61. The van der Waals surface area contributed by atoms with Crippen LogP contribution in [0.2, 0.25) is 0 Å². The average molecular weight is 299 g/mol. The van der Waals surface area contributed by atoms with Crippen LogP contribution in [-0.2, 0) is 9.84 Å². The predicted octanol–water partition coefficient (Wildman–Crippen LogP) is 2.34. The minimum absolute atomic E-state index is 0.295. The number of sulfone groups is 1. The fraction of sp³-hybridized carbons (Fsp3) is 0.0667. The Bertz CT molecular complexity index is 853. The van der Waals surface area contributed by atoms with Crippen LogP contribution < -0.4 is 0 Å². The summed E-state index contributed by atoms with van der Waals surface area (Å²) in [5.41, 5.74) is 2.55. The van der Waals surface area contributed by atoms with Crippen LogP contribution in [0.5, 0.6) is 0 Å². The summed E-state index contributed by atoms with van der Waals surface area (Å²) >= 11 is 0. The lowest BCUT2D eigenvalue weighted by Crippen LogP contribution is -1.98. The van der Waals surface area contributed by atoms with E-state index >= 15 is 0 Å². The van der Waals surface area contributed by atoms with Gasteiger partial charge in [0.05, 0.1) is 22.5 Å². The van der Waals surface area contributed by atoms with Crippen molar-refractivity contribution in [3.63, 3.8) is 0 Å². The Balaban J connectivity index is 1.94. The molecule has 0 aliphatic rings. The lowest BCUT2D eigenvalue weighted by Gasteiger charge is -2.02. The highest BCUT2D eigenvalue weighted by atomic mass is 32.2. The molecule has 0 saturated heterocycles. The number of rotatable bonds is 3.